The Bertz CT molecular complexity index is 1020. The number of ether oxygens (including phenoxy) is 3. The molecule has 226 valence electrons. The quantitative estimate of drug-likeness (QED) is 0.180. The second-order valence-corrected chi connectivity index (χ2v) is 10.5. The number of esters is 2. The van der Waals surface area contributed by atoms with Gasteiger partial charge >= 0.3 is 17.6 Å². The third kappa shape index (κ3) is 11.3. The van der Waals surface area contributed by atoms with Crippen LogP contribution in [0.1, 0.15) is 124 Å². The van der Waals surface area contributed by atoms with Crippen LogP contribution in [0.15, 0.2) is 11.0 Å². The van der Waals surface area contributed by atoms with E-state index < -0.39 is 59.7 Å². The van der Waals surface area contributed by atoms with Crippen LogP contribution >= 0.6 is 0 Å². The molecule has 1 amide bonds. The van der Waals surface area contributed by atoms with Crippen LogP contribution in [-0.4, -0.2) is 45.7 Å². The van der Waals surface area contributed by atoms with Crippen LogP contribution in [0.4, 0.5) is 10.2 Å². The highest BCUT2D eigenvalue weighted by molar-refractivity contribution is 5.89. The van der Waals surface area contributed by atoms with Gasteiger partial charge < -0.3 is 19.5 Å². The van der Waals surface area contributed by atoms with Gasteiger partial charge in [-0.15, -0.1) is 0 Å². The van der Waals surface area contributed by atoms with Gasteiger partial charge in [-0.05, 0) is 13.3 Å². The summed E-state index contributed by atoms with van der Waals surface area (Å²) < 4.78 is 31.8. The van der Waals surface area contributed by atoms with Crippen molar-refractivity contribution in [2.45, 2.75) is 142 Å². The normalized spacial score (nSPS) is 20.3. The summed E-state index contributed by atoms with van der Waals surface area (Å²) in [7, 11) is 0. The number of amides is 1. The lowest BCUT2D eigenvalue weighted by molar-refractivity contribution is -0.165. The highest BCUT2D eigenvalue weighted by atomic mass is 19.1. The number of nitrogens with one attached hydrogen (secondary N) is 1. The van der Waals surface area contributed by atoms with Crippen molar-refractivity contribution < 1.29 is 33.0 Å². The van der Waals surface area contributed by atoms with E-state index in [1.165, 1.54) is 64.7 Å². The zero-order chi connectivity index (χ0) is 29.5. The molecule has 1 N–H and O–H groups in total. The van der Waals surface area contributed by atoms with E-state index in [0.717, 1.165) is 37.0 Å². The molecule has 1 fully saturated rings. The number of carbonyl (C=O) groups is 3. The number of aromatic nitrogens is 2. The predicted molar refractivity (Wildman–Crippen MR) is 148 cm³/mol. The molecule has 10 nitrogen and oxygen atoms in total. The van der Waals surface area contributed by atoms with Crippen LogP contribution in [0.5, 0.6) is 0 Å². The van der Waals surface area contributed by atoms with Gasteiger partial charge in [0, 0.05) is 20.3 Å². The van der Waals surface area contributed by atoms with Gasteiger partial charge in [-0.25, -0.2) is 9.18 Å². The molecule has 1 aliphatic rings. The van der Waals surface area contributed by atoms with Crippen LogP contribution < -0.4 is 11.0 Å². The molecule has 0 unspecified atom stereocenters. The second kappa shape index (κ2) is 17.8. The fourth-order valence-corrected chi connectivity index (χ4v) is 4.91. The lowest BCUT2D eigenvalue weighted by atomic mass is 10.0. The highest BCUT2D eigenvalue weighted by Crippen LogP contribution is 2.33. The smallest absolute Gasteiger partial charge is 0.351 e. The van der Waals surface area contributed by atoms with Crippen molar-refractivity contribution in [2.75, 3.05) is 5.32 Å². The van der Waals surface area contributed by atoms with Crippen LogP contribution in [0.2, 0.25) is 0 Å². The Morgan fingerprint density at radius 3 is 1.93 bits per heavy atom. The van der Waals surface area contributed by atoms with Crippen LogP contribution in [-0.2, 0) is 28.6 Å². The van der Waals surface area contributed by atoms with E-state index in [1.807, 2.05) is 0 Å². The Kier molecular flexibility index (Phi) is 14.8. The van der Waals surface area contributed by atoms with Crippen molar-refractivity contribution in [2.24, 2.45) is 0 Å². The number of hydrogen-bond acceptors (Lipinski definition) is 8. The molecule has 1 saturated heterocycles. The fourth-order valence-electron chi connectivity index (χ4n) is 4.91. The minimum Gasteiger partial charge on any atom is -0.456 e. The van der Waals surface area contributed by atoms with Gasteiger partial charge in [-0.2, -0.15) is 4.98 Å². The van der Waals surface area contributed by atoms with E-state index in [0.29, 0.717) is 6.42 Å². The molecule has 1 aliphatic heterocycles. The fraction of sp³-hybridized carbons (Fsp3) is 0.759. The minimum atomic E-state index is -1.27. The Balaban J connectivity index is 1.79. The monoisotopic (exact) mass is 567 g/mol. The number of halogens is 1. The molecule has 0 aliphatic carbocycles. The molecule has 0 bridgehead atoms. The van der Waals surface area contributed by atoms with E-state index in [2.05, 4.69) is 17.2 Å². The molecule has 1 aromatic heterocycles. The number of nitrogens with zero attached hydrogens (tertiary/aromatic N) is 2. The Morgan fingerprint density at radius 1 is 0.900 bits per heavy atom. The van der Waals surface area contributed by atoms with Crippen molar-refractivity contribution in [3.63, 3.8) is 0 Å². The van der Waals surface area contributed by atoms with E-state index in [1.54, 1.807) is 6.92 Å². The van der Waals surface area contributed by atoms with E-state index in [-0.39, 0.29) is 6.42 Å². The van der Waals surface area contributed by atoms with Crippen LogP contribution in [0.25, 0.3) is 0 Å². The summed E-state index contributed by atoms with van der Waals surface area (Å²) in [5.74, 6) is -3.18. The molecule has 0 saturated carbocycles. The summed E-state index contributed by atoms with van der Waals surface area (Å²) in [5, 5.41) is 2.37. The van der Waals surface area contributed by atoms with E-state index in [4.69, 9.17) is 14.2 Å². The predicted octanol–water partition coefficient (Wildman–Crippen LogP) is 5.58. The molecule has 0 spiro atoms. The van der Waals surface area contributed by atoms with Crippen molar-refractivity contribution >= 4 is 23.7 Å². The lowest BCUT2D eigenvalue weighted by Gasteiger charge is -2.23. The molecule has 0 aromatic carbocycles. The molecule has 40 heavy (non-hydrogen) atoms. The topological polar surface area (TPSA) is 126 Å². The maximum Gasteiger partial charge on any atom is 0.351 e. The largest absolute Gasteiger partial charge is 0.456 e. The first-order chi connectivity index (χ1) is 19.1. The first kappa shape index (κ1) is 33.4. The average Bonchev–Trinajstić information content (AvgIpc) is 3.17. The van der Waals surface area contributed by atoms with Crippen molar-refractivity contribution in [3.8, 4) is 0 Å². The molecule has 4 atom stereocenters. The summed E-state index contributed by atoms with van der Waals surface area (Å²) in [6.07, 6.45) is 12.3. The Labute approximate surface area is 236 Å². The number of rotatable bonds is 18. The molecule has 2 rings (SSSR count). The molecule has 0 radical (unpaired) electrons. The standard InChI is InChI=1S/C29H46FN3O7/c1-5-6-7-8-9-10-11-12-13-14-15-16-17-18-24(36)31-27-23(30)19-33(29(37)32-27)28-26(40-22(4)35)25(20(2)38-28)39-21(3)34/h19-20,25-26,28H,5-18H2,1-4H3,(H,31,32,36,37)/t20-,25-,26-,28-/m1/s1. The average molecular weight is 568 g/mol. The number of unbranched alkanes of at least 4 members (excludes halogenated alkanes) is 12. The maximum absolute atomic E-state index is 14.8. The van der Waals surface area contributed by atoms with Crippen molar-refractivity contribution in [3.05, 3.63) is 22.5 Å². The lowest BCUT2D eigenvalue weighted by Crippen LogP contribution is -2.40. The summed E-state index contributed by atoms with van der Waals surface area (Å²) in [6, 6.07) is 0. The first-order valence-corrected chi connectivity index (χ1v) is 14.7. The highest BCUT2D eigenvalue weighted by Gasteiger charge is 2.48. The van der Waals surface area contributed by atoms with Gasteiger partial charge in [0.2, 0.25) is 5.91 Å². The van der Waals surface area contributed by atoms with Crippen molar-refractivity contribution in [1.82, 2.24) is 9.55 Å². The minimum absolute atomic E-state index is 0.198. The molecular weight excluding hydrogens is 521 g/mol. The van der Waals surface area contributed by atoms with Gasteiger partial charge in [0.1, 0.15) is 0 Å². The van der Waals surface area contributed by atoms with Gasteiger partial charge in [0.05, 0.1) is 12.3 Å². The number of carbonyl (C=O) groups excluding carboxylic acids is 3. The summed E-state index contributed by atoms with van der Waals surface area (Å²) in [5.41, 5.74) is -0.921. The molecule has 11 heteroatoms. The molecule has 2 heterocycles. The van der Waals surface area contributed by atoms with Gasteiger partial charge in [0.15, 0.2) is 30.1 Å². The molecular formula is C29H46FN3O7. The number of hydrogen-bond donors (Lipinski definition) is 1. The summed E-state index contributed by atoms with van der Waals surface area (Å²) >= 11 is 0. The maximum atomic E-state index is 14.8. The van der Waals surface area contributed by atoms with Gasteiger partial charge in [-0.3, -0.25) is 19.0 Å². The first-order valence-electron chi connectivity index (χ1n) is 14.7. The van der Waals surface area contributed by atoms with Gasteiger partial charge in [-0.1, -0.05) is 84.0 Å². The summed E-state index contributed by atoms with van der Waals surface area (Å²) in [6.45, 7) is 6.15. The third-order valence-corrected chi connectivity index (χ3v) is 6.97. The second-order valence-electron chi connectivity index (χ2n) is 10.5. The zero-order valence-corrected chi connectivity index (χ0v) is 24.4. The third-order valence-electron chi connectivity index (χ3n) is 6.97. The Morgan fingerprint density at radius 2 is 1.40 bits per heavy atom. The van der Waals surface area contributed by atoms with Crippen LogP contribution in [0.3, 0.4) is 0 Å². The van der Waals surface area contributed by atoms with Crippen LogP contribution in [0, 0.1) is 5.82 Å². The summed E-state index contributed by atoms with van der Waals surface area (Å²) in [4.78, 5) is 51.8. The number of anilines is 1. The Hall–Kier alpha value is -2.82. The van der Waals surface area contributed by atoms with E-state index >= 15 is 0 Å². The van der Waals surface area contributed by atoms with Crippen molar-refractivity contribution in [1.29, 1.82) is 0 Å². The molecule has 1 aromatic rings. The zero-order valence-electron chi connectivity index (χ0n) is 24.4. The van der Waals surface area contributed by atoms with E-state index in [9.17, 15) is 23.6 Å². The SMILES string of the molecule is CCCCCCCCCCCCCCCC(=O)Nc1nc(=O)n([C@@H]2O[C@H](C)[C@@H](OC(C)=O)[C@H]2OC(C)=O)cc1F. The van der Waals surface area contributed by atoms with Gasteiger partial charge in [0.25, 0.3) is 0 Å².